The first kappa shape index (κ1) is 22.1. The summed E-state index contributed by atoms with van der Waals surface area (Å²) < 4.78 is 0. The van der Waals surface area contributed by atoms with Crippen molar-refractivity contribution < 1.29 is 34.8 Å². The fourth-order valence-corrected chi connectivity index (χ4v) is 2.64. The first-order chi connectivity index (χ1) is 11.3. The van der Waals surface area contributed by atoms with E-state index in [-0.39, 0.29) is 6.42 Å². The van der Waals surface area contributed by atoms with E-state index in [2.05, 4.69) is 6.58 Å². The zero-order valence-corrected chi connectivity index (χ0v) is 13.9. The average molecular weight is 344 g/mol. The Morgan fingerprint density at radius 2 is 1.50 bits per heavy atom. The minimum Gasteiger partial charge on any atom is -0.481 e. The molecule has 2 unspecified atom stereocenters. The summed E-state index contributed by atoms with van der Waals surface area (Å²) in [5.41, 5.74) is -2.56. The molecule has 0 aromatic rings. The Morgan fingerprint density at radius 1 is 0.958 bits per heavy atom. The normalized spacial score (nSPS) is 14.5. The Labute approximate surface area is 142 Å². The van der Waals surface area contributed by atoms with Crippen molar-refractivity contribution in [3.8, 4) is 0 Å². The monoisotopic (exact) mass is 344 g/mol. The summed E-state index contributed by atoms with van der Waals surface area (Å²) in [6.45, 7) is 3.64. The van der Waals surface area contributed by atoms with Crippen molar-refractivity contribution in [1.82, 2.24) is 0 Å². The third kappa shape index (κ3) is 8.10. The third-order valence-corrected chi connectivity index (χ3v) is 4.12. The van der Waals surface area contributed by atoms with E-state index in [4.69, 9.17) is 5.11 Å². The van der Waals surface area contributed by atoms with Crippen molar-refractivity contribution in [3.05, 3.63) is 12.7 Å². The summed E-state index contributed by atoms with van der Waals surface area (Å²) >= 11 is 0. The van der Waals surface area contributed by atoms with Crippen LogP contribution in [0.1, 0.15) is 64.2 Å². The molecule has 0 aliphatic rings. The van der Waals surface area contributed by atoms with Gasteiger partial charge in [-0.05, 0) is 25.7 Å². The molecule has 0 aliphatic carbocycles. The first-order valence-corrected chi connectivity index (χ1v) is 8.27. The summed E-state index contributed by atoms with van der Waals surface area (Å²) in [5, 5.41) is 37.3. The number of allylic oxidation sites excluding steroid dienone is 1. The fourth-order valence-electron chi connectivity index (χ4n) is 2.64. The summed E-state index contributed by atoms with van der Waals surface area (Å²) in [6.07, 6.45) is 6.86. The molecule has 0 aromatic carbocycles. The number of unbranched alkanes of at least 4 members (excludes halogenated alkanes) is 6. The first-order valence-electron chi connectivity index (χ1n) is 8.27. The molecule has 0 bridgehead atoms. The van der Waals surface area contributed by atoms with Gasteiger partial charge in [-0.2, -0.15) is 0 Å². The second-order valence-corrected chi connectivity index (χ2v) is 6.00. The van der Waals surface area contributed by atoms with Crippen LogP contribution in [-0.4, -0.2) is 43.9 Å². The Morgan fingerprint density at radius 3 is 1.96 bits per heavy atom. The van der Waals surface area contributed by atoms with Crippen molar-refractivity contribution >= 4 is 17.9 Å². The van der Waals surface area contributed by atoms with E-state index in [1.165, 1.54) is 0 Å². The van der Waals surface area contributed by atoms with E-state index in [9.17, 15) is 29.7 Å². The van der Waals surface area contributed by atoms with Crippen LogP contribution in [0, 0.1) is 5.92 Å². The van der Waals surface area contributed by atoms with Gasteiger partial charge in [0, 0.05) is 6.42 Å². The van der Waals surface area contributed by atoms with Gasteiger partial charge >= 0.3 is 17.9 Å². The van der Waals surface area contributed by atoms with Crippen molar-refractivity contribution in [1.29, 1.82) is 0 Å². The van der Waals surface area contributed by atoms with Gasteiger partial charge in [-0.15, -0.1) is 6.58 Å². The summed E-state index contributed by atoms with van der Waals surface area (Å²) in [7, 11) is 0. The van der Waals surface area contributed by atoms with Crippen LogP contribution in [0.25, 0.3) is 0 Å². The molecule has 0 radical (unpaired) electrons. The second-order valence-electron chi connectivity index (χ2n) is 6.00. The lowest BCUT2D eigenvalue weighted by atomic mass is 9.80. The predicted molar refractivity (Wildman–Crippen MR) is 87.7 cm³/mol. The molecule has 0 aliphatic heterocycles. The van der Waals surface area contributed by atoms with E-state index >= 15 is 0 Å². The zero-order chi connectivity index (χ0) is 18.6. The van der Waals surface area contributed by atoms with Gasteiger partial charge in [-0.25, -0.2) is 4.79 Å². The van der Waals surface area contributed by atoms with Gasteiger partial charge in [0.25, 0.3) is 0 Å². The van der Waals surface area contributed by atoms with E-state index in [0.29, 0.717) is 6.42 Å². The maximum atomic E-state index is 11.4. The molecule has 0 fully saturated rings. The molecule has 0 amide bonds. The molecule has 0 spiro atoms. The van der Waals surface area contributed by atoms with Gasteiger partial charge in [0.05, 0.1) is 5.92 Å². The summed E-state index contributed by atoms with van der Waals surface area (Å²) in [4.78, 5) is 33.3. The summed E-state index contributed by atoms with van der Waals surface area (Å²) in [5.74, 6) is -5.91. The molecule has 0 heterocycles. The number of aliphatic hydroxyl groups is 1. The highest BCUT2D eigenvalue weighted by molar-refractivity contribution is 5.86. The predicted octanol–water partition coefficient (Wildman–Crippen LogP) is 2.67. The molecular weight excluding hydrogens is 316 g/mol. The molecule has 7 heteroatoms. The number of rotatable bonds is 15. The van der Waals surface area contributed by atoms with Crippen LogP contribution in [0.15, 0.2) is 12.7 Å². The van der Waals surface area contributed by atoms with E-state index in [1.807, 2.05) is 6.08 Å². The molecule has 0 saturated carbocycles. The maximum absolute atomic E-state index is 11.4. The molecule has 138 valence electrons. The van der Waals surface area contributed by atoms with Crippen LogP contribution in [0.5, 0.6) is 0 Å². The van der Waals surface area contributed by atoms with E-state index in [1.54, 1.807) is 0 Å². The lowest BCUT2D eigenvalue weighted by molar-refractivity contribution is -0.176. The highest BCUT2D eigenvalue weighted by Crippen LogP contribution is 2.29. The van der Waals surface area contributed by atoms with E-state index in [0.717, 1.165) is 38.5 Å². The molecule has 0 aromatic heterocycles. The Bertz CT molecular complexity index is 433. The van der Waals surface area contributed by atoms with Crippen molar-refractivity contribution in [3.63, 3.8) is 0 Å². The minimum absolute atomic E-state index is 0.00438. The average Bonchev–Trinajstić information content (AvgIpc) is 2.50. The van der Waals surface area contributed by atoms with Crippen molar-refractivity contribution in [2.75, 3.05) is 0 Å². The standard InChI is InChI=1S/C17H28O7/c1-2-3-4-5-6-7-8-9-10-13(15(20)21)17(24,16(22)23)12-11-14(18)19/h2,13,24H,1,3-12H2,(H,18,19)(H,20,21)(H,22,23). The molecule has 4 N–H and O–H groups in total. The van der Waals surface area contributed by atoms with Gasteiger partial charge < -0.3 is 20.4 Å². The van der Waals surface area contributed by atoms with E-state index < -0.39 is 42.3 Å². The number of carboxylic acids is 3. The van der Waals surface area contributed by atoms with Gasteiger partial charge in [0.15, 0.2) is 5.60 Å². The van der Waals surface area contributed by atoms with Crippen LogP contribution < -0.4 is 0 Å². The molecule has 2 atom stereocenters. The second kappa shape index (κ2) is 11.6. The molecule has 0 saturated heterocycles. The number of hydrogen-bond donors (Lipinski definition) is 4. The van der Waals surface area contributed by atoms with Crippen LogP contribution in [0.3, 0.4) is 0 Å². The van der Waals surface area contributed by atoms with Crippen LogP contribution >= 0.6 is 0 Å². The maximum Gasteiger partial charge on any atom is 0.336 e. The third-order valence-electron chi connectivity index (χ3n) is 4.12. The molecule has 0 rings (SSSR count). The SMILES string of the molecule is C=CCCCCCCCCC(C(=O)O)C(O)(CCC(=O)O)C(=O)O. The van der Waals surface area contributed by atoms with Gasteiger partial charge in [-0.3, -0.25) is 9.59 Å². The van der Waals surface area contributed by atoms with Crippen molar-refractivity contribution in [2.45, 2.75) is 69.8 Å². The fraction of sp³-hybridized carbons (Fsp3) is 0.706. The number of carboxylic acid groups (broad SMARTS) is 3. The van der Waals surface area contributed by atoms with Crippen molar-refractivity contribution in [2.24, 2.45) is 5.92 Å². The van der Waals surface area contributed by atoms with Gasteiger partial charge in [-0.1, -0.05) is 38.2 Å². The Kier molecular flexibility index (Phi) is 10.7. The van der Waals surface area contributed by atoms with Crippen LogP contribution in [0.4, 0.5) is 0 Å². The smallest absolute Gasteiger partial charge is 0.336 e. The number of aliphatic carboxylic acids is 3. The number of carbonyl (C=O) groups is 3. The highest BCUT2D eigenvalue weighted by atomic mass is 16.4. The lowest BCUT2D eigenvalue weighted by Crippen LogP contribution is -2.49. The Balaban J connectivity index is 4.48. The zero-order valence-electron chi connectivity index (χ0n) is 13.9. The highest BCUT2D eigenvalue weighted by Gasteiger charge is 2.47. The van der Waals surface area contributed by atoms with Crippen LogP contribution in [0.2, 0.25) is 0 Å². The number of hydrogen-bond acceptors (Lipinski definition) is 4. The quantitative estimate of drug-likeness (QED) is 0.265. The molecule has 24 heavy (non-hydrogen) atoms. The molecule has 7 nitrogen and oxygen atoms in total. The Hall–Kier alpha value is -1.89. The largest absolute Gasteiger partial charge is 0.481 e. The summed E-state index contributed by atoms with van der Waals surface area (Å²) in [6, 6.07) is 0. The lowest BCUT2D eigenvalue weighted by Gasteiger charge is -2.29. The van der Waals surface area contributed by atoms with Crippen LogP contribution in [-0.2, 0) is 14.4 Å². The van der Waals surface area contributed by atoms with Gasteiger partial charge in [0.1, 0.15) is 0 Å². The topological polar surface area (TPSA) is 132 Å². The van der Waals surface area contributed by atoms with Gasteiger partial charge in [0.2, 0.25) is 0 Å². The minimum atomic E-state index is -2.56. The molecular formula is C17H28O7.